The van der Waals surface area contributed by atoms with Gasteiger partial charge in [-0.15, -0.1) is 0 Å². The number of esters is 1. The second-order valence-electron chi connectivity index (χ2n) is 7.99. The zero-order valence-corrected chi connectivity index (χ0v) is 15.5. The van der Waals surface area contributed by atoms with E-state index >= 15 is 0 Å². The second-order valence-corrected chi connectivity index (χ2v) is 7.99. The first-order valence-corrected chi connectivity index (χ1v) is 9.38. The molecule has 5 nitrogen and oxygen atoms in total. The predicted molar refractivity (Wildman–Crippen MR) is 97.8 cm³/mol. The Kier molecular flexibility index (Phi) is 3.07. The van der Waals surface area contributed by atoms with E-state index < -0.39 is 11.1 Å². The van der Waals surface area contributed by atoms with Crippen LogP contribution in [0.4, 0.5) is 5.69 Å². The molecule has 1 aromatic rings. The van der Waals surface area contributed by atoms with Crippen molar-refractivity contribution in [3.8, 4) is 0 Å². The Morgan fingerprint density at radius 3 is 2.85 bits per heavy atom. The first-order chi connectivity index (χ1) is 12.5. The number of nitrogens with zero attached hydrogens (tertiary/aromatic N) is 2. The third-order valence-corrected chi connectivity index (χ3v) is 7.49. The maximum atomic E-state index is 13.7. The molecule has 1 aromatic carbocycles. The van der Waals surface area contributed by atoms with Crippen LogP contribution in [0.15, 0.2) is 35.9 Å². The van der Waals surface area contributed by atoms with Crippen molar-refractivity contribution >= 4 is 17.4 Å². The van der Waals surface area contributed by atoms with Crippen molar-refractivity contribution in [3.63, 3.8) is 0 Å². The summed E-state index contributed by atoms with van der Waals surface area (Å²) in [5, 5.41) is 0. The molecule has 4 bridgehead atoms. The van der Waals surface area contributed by atoms with Gasteiger partial charge in [0, 0.05) is 38.2 Å². The molecule has 5 aliphatic rings. The summed E-state index contributed by atoms with van der Waals surface area (Å²) in [7, 11) is 3.49. The van der Waals surface area contributed by atoms with Crippen LogP contribution in [0.3, 0.4) is 0 Å². The lowest BCUT2D eigenvalue weighted by molar-refractivity contribution is -0.157. The normalized spacial score (nSPS) is 41.2. The average Bonchev–Trinajstić information content (AvgIpc) is 3.03. The molecular weight excluding hydrogens is 328 g/mol. The number of fused-ring (bicyclic) bond motifs is 3. The van der Waals surface area contributed by atoms with E-state index in [1.54, 1.807) is 0 Å². The number of anilines is 1. The van der Waals surface area contributed by atoms with E-state index in [0.717, 1.165) is 30.8 Å². The topological polar surface area (TPSA) is 49.9 Å². The molecule has 1 aliphatic carbocycles. The van der Waals surface area contributed by atoms with E-state index in [2.05, 4.69) is 28.0 Å². The lowest BCUT2D eigenvalue weighted by atomic mass is 9.54. The molecule has 4 fully saturated rings. The minimum absolute atomic E-state index is 0.0714. The molecule has 4 aliphatic heterocycles. The quantitative estimate of drug-likeness (QED) is 0.572. The Morgan fingerprint density at radius 2 is 2.12 bits per heavy atom. The lowest BCUT2D eigenvalue weighted by Crippen LogP contribution is -2.71. The molecule has 6 rings (SSSR count). The fraction of sp³-hybridized carbons (Fsp3) is 0.524. The van der Waals surface area contributed by atoms with Gasteiger partial charge in [-0.3, -0.25) is 14.5 Å². The van der Waals surface area contributed by atoms with Gasteiger partial charge in [-0.25, -0.2) is 0 Å². The number of methoxy groups -OCH3 is 1. The van der Waals surface area contributed by atoms with Gasteiger partial charge in [-0.2, -0.15) is 0 Å². The highest BCUT2D eigenvalue weighted by Gasteiger charge is 2.79. The number of allylic oxidation sites excluding steroid dienone is 1. The molecule has 26 heavy (non-hydrogen) atoms. The van der Waals surface area contributed by atoms with Crippen molar-refractivity contribution in [2.45, 2.75) is 30.8 Å². The summed E-state index contributed by atoms with van der Waals surface area (Å²) >= 11 is 0. The smallest absolute Gasteiger partial charge is 0.310 e. The van der Waals surface area contributed by atoms with Crippen LogP contribution < -0.4 is 4.90 Å². The summed E-state index contributed by atoms with van der Waals surface area (Å²) in [6.07, 6.45) is 3.33. The Balaban J connectivity index is 1.90. The van der Waals surface area contributed by atoms with E-state index in [-0.39, 0.29) is 23.6 Å². The number of carbonyl (C=O) groups excluding carboxylic acids is 2. The summed E-state index contributed by atoms with van der Waals surface area (Å²) < 4.78 is 5.31. The number of ether oxygens (including phenoxy) is 1. The number of rotatable bonds is 1. The Hall–Kier alpha value is -2.14. The van der Waals surface area contributed by atoms with Crippen LogP contribution in [0.2, 0.25) is 0 Å². The Labute approximate surface area is 153 Å². The first-order valence-electron chi connectivity index (χ1n) is 9.38. The maximum Gasteiger partial charge on any atom is 0.310 e. The fourth-order valence-electron chi connectivity index (χ4n) is 6.71. The van der Waals surface area contributed by atoms with Crippen LogP contribution in [-0.4, -0.2) is 49.6 Å². The number of hydrogen-bond acceptors (Lipinski definition) is 5. The molecule has 5 atom stereocenters. The van der Waals surface area contributed by atoms with Gasteiger partial charge in [0.25, 0.3) is 0 Å². The molecule has 5 heteroatoms. The summed E-state index contributed by atoms with van der Waals surface area (Å²) in [5.74, 6) is -0.330. The Bertz CT molecular complexity index is 863. The minimum Gasteiger partial charge on any atom is -0.469 e. The summed E-state index contributed by atoms with van der Waals surface area (Å²) in [6.45, 7) is 3.59. The predicted octanol–water partition coefficient (Wildman–Crippen LogP) is 2.11. The molecule has 136 valence electrons. The van der Waals surface area contributed by atoms with Crippen LogP contribution in [0.5, 0.6) is 0 Å². The summed E-state index contributed by atoms with van der Waals surface area (Å²) in [6, 6.07) is 8.23. The van der Waals surface area contributed by atoms with Gasteiger partial charge in [0.05, 0.1) is 18.4 Å². The maximum absolute atomic E-state index is 13.7. The molecule has 0 amide bonds. The third-order valence-electron chi connectivity index (χ3n) is 7.49. The zero-order chi connectivity index (χ0) is 18.3. The van der Waals surface area contributed by atoms with Gasteiger partial charge in [0.1, 0.15) is 0 Å². The molecule has 1 saturated carbocycles. The molecule has 3 saturated heterocycles. The first kappa shape index (κ1) is 16.1. The number of likely N-dealkylation sites (N-methyl/N-ethyl adjacent to an activating group) is 1. The highest BCUT2D eigenvalue weighted by Crippen LogP contribution is 2.68. The largest absolute Gasteiger partial charge is 0.469 e. The molecule has 0 aromatic heterocycles. The second kappa shape index (κ2) is 4.97. The number of ketones is 1. The van der Waals surface area contributed by atoms with Crippen LogP contribution in [0, 0.1) is 11.8 Å². The third kappa shape index (κ3) is 1.42. The fourth-order valence-corrected chi connectivity index (χ4v) is 6.71. The van der Waals surface area contributed by atoms with Crippen LogP contribution in [0.25, 0.3) is 0 Å². The van der Waals surface area contributed by atoms with Crippen LogP contribution in [0.1, 0.15) is 25.3 Å². The standard InChI is InChI=1S/C21H24N2O3/c1-4-13-12-23-10-9-20-15-7-5-6-8-16(15)22(2)21(20,23)17(24)11-14(13)18(20)19(25)26-3/h4-8,14,18H,9-12H2,1-3H3. The number of Topliss-reactive ketones (excluding diaryl/α,β-unsaturated/α-hetero) is 1. The number of benzene rings is 1. The van der Waals surface area contributed by atoms with Crippen molar-refractivity contribution in [3.05, 3.63) is 41.5 Å². The zero-order valence-electron chi connectivity index (χ0n) is 15.5. The van der Waals surface area contributed by atoms with Crippen LogP contribution >= 0.6 is 0 Å². The molecule has 5 unspecified atom stereocenters. The molecule has 1 spiro atoms. The van der Waals surface area contributed by atoms with E-state index in [4.69, 9.17) is 4.74 Å². The minimum atomic E-state index is -0.767. The molecule has 4 heterocycles. The lowest BCUT2D eigenvalue weighted by Gasteiger charge is -2.52. The van der Waals surface area contributed by atoms with Gasteiger partial charge in [-0.1, -0.05) is 29.8 Å². The van der Waals surface area contributed by atoms with Gasteiger partial charge in [-0.05, 0) is 25.0 Å². The summed E-state index contributed by atoms with van der Waals surface area (Å²) in [4.78, 5) is 31.3. The monoisotopic (exact) mass is 352 g/mol. The van der Waals surface area contributed by atoms with Crippen molar-refractivity contribution in [2.24, 2.45) is 11.8 Å². The van der Waals surface area contributed by atoms with Gasteiger partial charge in [0.2, 0.25) is 0 Å². The van der Waals surface area contributed by atoms with E-state index in [0.29, 0.717) is 6.42 Å². The number of hydrogen-bond donors (Lipinski definition) is 0. The molecular formula is C21H24N2O3. The number of carbonyl (C=O) groups is 2. The number of para-hydroxylation sites is 1. The molecule has 0 N–H and O–H groups in total. The molecule has 0 radical (unpaired) electrons. The van der Waals surface area contributed by atoms with Gasteiger partial charge < -0.3 is 9.64 Å². The SMILES string of the molecule is CC=C1CN2CCC34c5ccccc5N(C)C23C(=O)CC1C4C(=O)OC. The average molecular weight is 352 g/mol. The van der Waals surface area contributed by atoms with E-state index in [1.165, 1.54) is 12.7 Å². The van der Waals surface area contributed by atoms with Crippen molar-refractivity contribution in [1.29, 1.82) is 0 Å². The summed E-state index contributed by atoms with van der Waals surface area (Å²) in [5.41, 5.74) is 2.11. The van der Waals surface area contributed by atoms with E-state index in [1.807, 2.05) is 26.1 Å². The van der Waals surface area contributed by atoms with Crippen molar-refractivity contribution in [1.82, 2.24) is 4.90 Å². The highest BCUT2D eigenvalue weighted by atomic mass is 16.5. The van der Waals surface area contributed by atoms with Crippen LogP contribution in [-0.2, 0) is 19.7 Å². The van der Waals surface area contributed by atoms with E-state index in [9.17, 15) is 9.59 Å². The van der Waals surface area contributed by atoms with Crippen molar-refractivity contribution in [2.75, 3.05) is 32.1 Å². The van der Waals surface area contributed by atoms with Crippen molar-refractivity contribution < 1.29 is 14.3 Å². The van der Waals surface area contributed by atoms with Gasteiger partial charge in [0.15, 0.2) is 11.4 Å². The Morgan fingerprint density at radius 1 is 1.35 bits per heavy atom. The van der Waals surface area contributed by atoms with Gasteiger partial charge >= 0.3 is 5.97 Å². The highest BCUT2D eigenvalue weighted by molar-refractivity contribution is 6.02.